The Morgan fingerprint density at radius 2 is 2.06 bits per heavy atom. The molecule has 2 heterocycles. The molecule has 1 aromatic heterocycles. The van der Waals surface area contributed by atoms with Crippen LogP contribution in [0, 0.1) is 5.92 Å². The molecule has 0 spiro atoms. The molecule has 2 rings (SSSR count). The van der Waals surface area contributed by atoms with Gasteiger partial charge in [-0.1, -0.05) is 13.8 Å². The number of piperazine rings is 1. The zero-order chi connectivity index (χ0) is 13.3. The summed E-state index contributed by atoms with van der Waals surface area (Å²) in [6, 6.07) is 1.53. The zero-order valence-electron chi connectivity index (χ0n) is 12.2. The van der Waals surface area contributed by atoms with Crippen LogP contribution in [0.15, 0.2) is 12.4 Å². The third-order valence-electron chi connectivity index (χ3n) is 3.76. The van der Waals surface area contributed by atoms with Crippen molar-refractivity contribution in [2.45, 2.75) is 52.7 Å². The Bertz CT molecular complexity index is 383. The third kappa shape index (κ3) is 2.69. The molecule has 0 aromatic carbocycles. The van der Waals surface area contributed by atoms with E-state index in [1.807, 2.05) is 10.9 Å². The highest BCUT2D eigenvalue weighted by molar-refractivity contribution is 5.45. The third-order valence-corrected chi connectivity index (χ3v) is 3.76. The van der Waals surface area contributed by atoms with Crippen molar-refractivity contribution in [2.24, 2.45) is 5.92 Å². The van der Waals surface area contributed by atoms with Crippen molar-refractivity contribution in [1.29, 1.82) is 0 Å². The summed E-state index contributed by atoms with van der Waals surface area (Å²) < 4.78 is 2.04. The van der Waals surface area contributed by atoms with Crippen molar-refractivity contribution in [3.8, 4) is 0 Å². The predicted octanol–water partition coefficient (Wildman–Crippen LogP) is 2.29. The molecule has 0 aliphatic carbocycles. The van der Waals surface area contributed by atoms with E-state index in [0.29, 0.717) is 24.0 Å². The number of aromatic nitrogens is 2. The Kier molecular flexibility index (Phi) is 3.95. The molecular weight excluding hydrogens is 224 g/mol. The van der Waals surface area contributed by atoms with E-state index in [2.05, 4.69) is 56.1 Å². The first-order valence-electron chi connectivity index (χ1n) is 7.03. The maximum atomic E-state index is 4.46. The number of rotatable bonds is 3. The van der Waals surface area contributed by atoms with Crippen LogP contribution in [-0.4, -0.2) is 35.0 Å². The van der Waals surface area contributed by atoms with E-state index in [1.54, 1.807) is 0 Å². The molecule has 1 N–H and O–H groups in total. The second-order valence-corrected chi connectivity index (χ2v) is 6.05. The number of hydrogen-bond donors (Lipinski definition) is 1. The second kappa shape index (κ2) is 5.31. The minimum absolute atomic E-state index is 0.427. The quantitative estimate of drug-likeness (QED) is 0.893. The van der Waals surface area contributed by atoms with Crippen LogP contribution in [0.3, 0.4) is 0 Å². The number of nitrogens with zero attached hydrogens (tertiary/aromatic N) is 3. The molecule has 1 aromatic rings. The summed E-state index contributed by atoms with van der Waals surface area (Å²) in [5.74, 6) is 0.646. The predicted molar refractivity (Wildman–Crippen MR) is 76.0 cm³/mol. The lowest BCUT2D eigenvalue weighted by Crippen LogP contribution is -2.57. The minimum atomic E-state index is 0.427. The first kappa shape index (κ1) is 13.4. The van der Waals surface area contributed by atoms with Crippen LogP contribution in [0.25, 0.3) is 0 Å². The molecule has 0 radical (unpaired) electrons. The first-order valence-corrected chi connectivity index (χ1v) is 7.03. The summed E-state index contributed by atoms with van der Waals surface area (Å²) in [5, 5.41) is 8.04. The molecule has 18 heavy (non-hydrogen) atoms. The Hall–Kier alpha value is -1.03. The summed E-state index contributed by atoms with van der Waals surface area (Å²) in [5.41, 5.74) is 1.26. The van der Waals surface area contributed by atoms with Crippen LogP contribution in [0.1, 0.15) is 40.7 Å². The van der Waals surface area contributed by atoms with E-state index >= 15 is 0 Å². The normalized spacial score (nSPS) is 25.2. The minimum Gasteiger partial charge on any atom is -0.363 e. The van der Waals surface area contributed by atoms with Crippen LogP contribution >= 0.6 is 0 Å². The smallest absolute Gasteiger partial charge is 0.0756 e. The molecule has 102 valence electrons. The summed E-state index contributed by atoms with van der Waals surface area (Å²) in [6.45, 7) is 13.3. The maximum absolute atomic E-state index is 4.46. The van der Waals surface area contributed by atoms with E-state index < -0.39 is 0 Å². The van der Waals surface area contributed by atoms with Crippen molar-refractivity contribution in [2.75, 3.05) is 18.0 Å². The second-order valence-electron chi connectivity index (χ2n) is 6.05. The van der Waals surface area contributed by atoms with Gasteiger partial charge in [-0.25, -0.2) is 0 Å². The molecule has 4 nitrogen and oxygen atoms in total. The number of hydrogen-bond acceptors (Lipinski definition) is 3. The standard InChI is InChI=1S/C14H26N4/c1-10(2)14-7-15-12(5)8-17(14)13-6-16-18(9-13)11(3)4/h6,9-12,14-15H,7-8H2,1-5H3. The number of nitrogens with one attached hydrogen (secondary N) is 1. The highest BCUT2D eigenvalue weighted by atomic mass is 15.3. The van der Waals surface area contributed by atoms with E-state index in [9.17, 15) is 0 Å². The lowest BCUT2D eigenvalue weighted by Gasteiger charge is -2.42. The molecule has 2 atom stereocenters. The maximum Gasteiger partial charge on any atom is 0.0756 e. The molecular formula is C14H26N4. The van der Waals surface area contributed by atoms with Crippen LogP contribution in [-0.2, 0) is 0 Å². The van der Waals surface area contributed by atoms with Crippen molar-refractivity contribution >= 4 is 5.69 Å². The highest BCUT2D eigenvalue weighted by Crippen LogP contribution is 2.24. The van der Waals surface area contributed by atoms with Crippen molar-refractivity contribution in [3.05, 3.63) is 12.4 Å². The van der Waals surface area contributed by atoms with Gasteiger partial charge in [0.25, 0.3) is 0 Å². The lowest BCUT2D eigenvalue weighted by atomic mass is 9.98. The average Bonchev–Trinajstić information content (AvgIpc) is 2.77. The van der Waals surface area contributed by atoms with E-state index in [0.717, 1.165) is 13.1 Å². The molecule has 1 fully saturated rings. The fourth-order valence-corrected chi connectivity index (χ4v) is 2.58. The van der Waals surface area contributed by atoms with Crippen LogP contribution < -0.4 is 10.2 Å². The zero-order valence-corrected chi connectivity index (χ0v) is 12.2. The van der Waals surface area contributed by atoms with Gasteiger partial charge in [-0.15, -0.1) is 0 Å². The molecule has 4 heteroatoms. The summed E-state index contributed by atoms with van der Waals surface area (Å²) in [7, 11) is 0. The van der Waals surface area contributed by atoms with Crippen LogP contribution in [0.2, 0.25) is 0 Å². The average molecular weight is 250 g/mol. The Balaban J connectivity index is 2.20. The van der Waals surface area contributed by atoms with E-state index in [1.165, 1.54) is 5.69 Å². The van der Waals surface area contributed by atoms with E-state index in [4.69, 9.17) is 0 Å². The van der Waals surface area contributed by atoms with Gasteiger partial charge in [0, 0.05) is 37.4 Å². The summed E-state index contributed by atoms with van der Waals surface area (Å²) in [6.07, 6.45) is 4.19. The fraction of sp³-hybridized carbons (Fsp3) is 0.786. The molecule has 1 aliphatic rings. The van der Waals surface area contributed by atoms with Gasteiger partial charge in [0.1, 0.15) is 0 Å². The van der Waals surface area contributed by atoms with Gasteiger partial charge in [0.05, 0.1) is 11.9 Å². The van der Waals surface area contributed by atoms with Gasteiger partial charge >= 0.3 is 0 Å². The highest BCUT2D eigenvalue weighted by Gasteiger charge is 2.28. The van der Waals surface area contributed by atoms with Gasteiger partial charge in [0.15, 0.2) is 0 Å². The lowest BCUT2D eigenvalue weighted by molar-refractivity contribution is 0.349. The van der Waals surface area contributed by atoms with Gasteiger partial charge < -0.3 is 10.2 Å². The summed E-state index contributed by atoms with van der Waals surface area (Å²) in [4.78, 5) is 2.51. The molecule has 1 aliphatic heterocycles. The van der Waals surface area contributed by atoms with Gasteiger partial charge in [0.2, 0.25) is 0 Å². The molecule has 1 saturated heterocycles. The van der Waals surface area contributed by atoms with Crippen molar-refractivity contribution in [1.82, 2.24) is 15.1 Å². The molecule has 2 unspecified atom stereocenters. The van der Waals surface area contributed by atoms with Crippen molar-refractivity contribution in [3.63, 3.8) is 0 Å². The van der Waals surface area contributed by atoms with Crippen molar-refractivity contribution < 1.29 is 0 Å². The first-order chi connectivity index (χ1) is 8.49. The van der Waals surface area contributed by atoms with Gasteiger partial charge in [-0.05, 0) is 26.7 Å². The Labute approximate surface area is 110 Å². The SMILES string of the molecule is CC1CN(c2cnn(C(C)C)c2)C(C(C)C)CN1. The topological polar surface area (TPSA) is 33.1 Å². The Morgan fingerprint density at radius 1 is 1.33 bits per heavy atom. The monoisotopic (exact) mass is 250 g/mol. The van der Waals surface area contributed by atoms with E-state index in [-0.39, 0.29) is 0 Å². The number of anilines is 1. The molecule has 0 bridgehead atoms. The Morgan fingerprint density at radius 3 is 2.61 bits per heavy atom. The molecule has 0 saturated carbocycles. The van der Waals surface area contributed by atoms with Crippen LogP contribution in [0.5, 0.6) is 0 Å². The van der Waals surface area contributed by atoms with Gasteiger partial charge in [-0.3, -0.25) is 4.68 Å². The largest absolute Gasteiger partial charge is 0.363 e. The summed E-state index contributed by atoms with van der Waals surface area (Å²) >= 11 is 0. The fourth-order valence-electron chi connectivity index (χ4n) is 2.58. The molecule has 0 amide bonds. The van der Waals surface area contributed by atoms with Gasteiger partial charge in [-0.2, -0.15) is 5.10 Å². The van der Waals surface area contributed by atoms with Crippen LogP contribution in [0.4, 0.5) is 5.69 Å².